The average molecular weight is 563 g/mol. The van der Waals surface area contributed by atoms with Crippen molar-refractivity contribution in [2.24, 2.45) is 0 Å². The van der Waals surface area contributed by atoms with Crippen molar-refractivity contribution in [2.75, 3.05) is 17.7 Å². The molecule has 2 heterocycles. The van der Waals surface area contributed by atoms with Crippen LogP contribution in [0.5, 0.6) is 0 Å². The molecule has 0 saturated heterocycles. The number of anilines is 3. The van der Waals surface area contributed by atoms with Gasteiger partial charge in [-0.3, -0.25) is 9.99 Å². The van der Waals surface area contributed by atoms with Gasteiger partial charge in [0, 0.05) is 34.5 Å². The summed E-state index contributed by atoms with van der Waals surface area (Å²) in [6.07, 6.45) is 3.47. The van der Waals surface area contributed by atoms with Crippen molar-refractivity contribution in [3.63, 3.8) is 0 Å². The lowest BCUT2D eigenvalue weighted by atomic mass is 10.0. The molecule has 1 unspecified atom stereocenters. The first-order valence-electron chi connectivity index (χ1n) is 11.4. The number of hydrazine groups is 1. The summed E-state index contributed by atoms with van der Waals surface area (Å²) in [5, 5.41) is 19.2. The molecule has 7 nitrogen and oxygen atoms in total. The predicted molar refractivity (Wildman–Crippen MR) is 142 cm³/mol. The van der Waals surface area contributed by atoms with Gasteiger partial charge in [-0.15, -0.1) is 0 Å². The van der Waals surface area contributed by atoms with Crippen LogP contribution in [0.15, 0.2) is 77.2 Å². The highest BCUT2D eigenvalue weighted by atomic mass is 79.9. The van der Waals surface area contributed by atoms with E-state index in [4.69, 9.17) is 0 Å². The van der Waals surface area contributed by atoms with E-state index < -0.39 is 0 Å². The molecule has 1 aliphatic heterocycles. The fourth-order valence-electron chi connectivity index (χ4n) is 4.24. The minimum Gasteiger partial charge on any atom is -0.370 e. The van der Waals surface area contributed by atoms with Gasteiger partial charge >= 0.3 is 0 Å². The molecule has 10 heteroatoms. The second-order valence-corrected chi connectivity index (χ2v) is 9.60. The summed E-state index contributed by atoms with van der Waals surface area (Å²) in [4.78, 5) is 4.49. The number of aromatic nitrogens is 1. The zero-order valence-electron chi connectivity index (χ0n) is 20.0. The predicted octanol–water partition coefficient (Wildman–Crippen LogP) is 5.12. The van der Waals surface area contributed by atoms with E-state index in [0.717, 1.165) is 21.4 Å². The van der Waals surface area contributed by atoms with Crippen LogP contribution in [0.25, 0.3) is 10.9 Å². The van der Waals surface area contributed by atoms with Crippen LogP contribution in [0.1, 0.15) is 22.7 Å². The number of nitrogens with two attached hydrogens (primary N) is 1. The SMILES string of the molecule is Cc1cc(Nc2c(C#N)cnc3c(Br)cc(NC(C4=CN(C)N[NH2+]4)c4ccc(F)cc4)cc23)ccc1F. The van der Waals surface area contributed by atoms with E-state index in [1.54, 1.807) is 31.2 Å². The van der Waals surface area contributed by atoms with E-state index in [9.17, 15) is 14.0 Å². The normalized spacial score (nSPS) is 13.8. The Morgan fingerprint density at radius 2 is 1.89 bits per heavy atom. The minimum atomic E-state index is -0.308. The maximum atomic E-state index is 13.8. The zero-order valence-corrected chi connectivity index (χ0v) is 21.6. The van der Waals surface area contributed by atoms with Crippen molar-refractivity contribution in [1.82, 2.24) is 15.5 Å². The van der Waals surface area contributed by atoms with E-state index in [2.05, 4.69) is 43.2 Å². The Morgan fingerprint density at radius 3 is 2.57 bits per heavy atom. The number of nitrogens with zero attached hydrogens (tertiary/aromatic N) is 3. The summed E-state index contributed by atoms with van der Waals surface area (Å²) >= 11 is 3.63. The van der Waals surface area contributed by atoms with Gasteiger partial charge in [0.15, 0.2) is 5.70 Å². The van der Waals surface area contributed by atoms with Crippen molar-refractivity contribution >= 4 is 43.9 Å². The Morgan fingerprint density at radius 1 is 1.11 bits per heavy atom. The Bertz CT molecular complexity index is 1560. The van der Waals surface area contributed by atoms with Crippen LogP contribution in [0.2, 0.25) is 0 Å². The number of nitrogens with one attached hydrogen (secondary N) is 3. The first-order chi connectivity index (χ1) is 17.8. The number of pyridine rings is 1. The molecule has 0 amide bonds. The number of halogens is 3. The van der Waals surface area contributed by atoms with Gasteiger partial charge in [0.25, 0.3) is 0 Å². The monoisotopic (exact) mass is 562 g/mol. The summed E-state index contributed by atoms with van der Waals surface area (Å²) < 4.78 is 28.2. The molecular formula is C27H23BrF2N7+. The van der Waals surface area contributed by atoms with Crippen LogP contribution in [0.4, 0.5) is 25.8 Å². The lowest BCUT2D eigenvalue weighted by Gasteiger charge is -2.20. The number of quaternary nitrogens is 1. The van der Waals surface area contributed by atoms with Crippen molar-refractivity contribution in [3.8, 4) is 6.07 Å². The van der Waals surface area contributed by atoms with Crippen LogP contribution in [-0.4, -0.2) is 17.0 Å². The van der Waals surface area contributed by atoms with Gasteiger partial charge in [0.05, 0.1) is 23.0 Å². The molecule has 0 bridgehead atoms. The first-order valence-corrected chi connectivity index (χ1v) is 12.2. The number of hydrogen-bond acceptors (Lipinski definition) is 6. The number of nitriles is 1. The van der Waals surface area contributed by atoms with Gasteiger partial charge in [0.1, 0.15) is 23.7 Å². The van der Waals surface area contributed by atoms with Crippen molar-refractivity contribution in [3.05, 3.63) is 105 Å². The highest BCUT2D eigenvalue weighted by Gasteiger charge is 2.26. The van der Waals surface area contributed by atoms with Crippen LogP contribution in [0.3, 0.4) is 0 Å². The van der Waals surface area contributed by atoms with Crippen LogP contribution in [-0.2, 0) is 0 Å². The molecule has 0 fully saturated rings. The Labute approximate surface area is 220 Å². The number of rotatable bonds is 6. The van der Waals surface area contributed by atoms with Crippen molar-refractivity contribution in [1.29, 1.82) is 5.26 Å². The standard InChI is InChI=1S/C27H22BrF2N7/c1-15-9-19(7-8-23(15)30)33-25-17(12-31)13-32-27-21(25)10-20(11-22(27)28)34-26(24-14-37(2)36-35-24)16-3-5-18(29)6-4-16/h3-11,13-14,26,34-36H,1-2H3,(H,32,33)/p+1. The molecule has 5 rings (SSSR count). The van der Waals surface area contributed by atoms with E-state index in [1.807, 2.05) is 35.8 Å². The van der Waals surface area contributed by atoms with Crippen molar-refractivity contribution in [2.45, 2.75) is 13.0 Å². The number of benzene rings is 3. The Hall–Kier alpha value is -4.04. The van der Waals surface area contributed by atoms with Crippen LogP contribution in [0, 0.1) is 29.9 Å². The number of fused-ring (bicyclic) bond motifs is 1. The fraction of sp³-hybridized carbons (Fsp3) is 0.111. The highest BCUT2D eigenvalue weighted by molar-refractivity contribution is 9.10. The topological polar surface area (TPSA) is 92.6 Å². The molecule has 37 heavy (non-hydrogen) atoms. The van der Waals surface area contributed by atoms with Gasteiger partial charge in [-0.25, -0.2) is 14.2 Å². The third kappa shape index (κ3) is 5.11. The van der Waals surface area contributed by atoms with Crippen molar-refractivity contribution < 1.29 is 14.2 Å². The number of hydrogen-bond donors (Lipinski definition) is 4. The van der Waals surface area contributed by atoms with E-state index in [0.29, 0.717) is 33.4 Å². The lowest BCUT2D eigenvalue weighted by molar-refractivity contribution is -0.678. The maximum Gasteiger partial charge on any atom is 0.171 e. The molecule has 5 N–H and O–H groups in total. The molecule has 0 radical (unpaired) electrons. The summed E-state index contributed by atoms with van der Waals surface area (Å²) in [6.45, 7) is 1.69. The second-order valence-electron chi connectivity index (χ2n) is 8.74. The third-order valence-electron chi connectivity index (χ3n) is 6.10. The summed E-state index contributed by atoms with van der Waals surface area (Å²) in [6, 6.07) is 16.8. The molecule has 3 aromatic carbocycles. The zero-order chi connectivity index (χ0) is 26.1. The molecule has 0 aliphatic carbocycles. The lowest BCUT2D eigenvalue weighted by Crippen LogP contribution is -2.91. The van der Waals surface area contributed by atoms with E-state index in [-0.39, 0.29) is 17.7 Å². The van der Waals surface area contributed by atoms with Crippen LogP contribution < -0.4 is 21.6 Å². The first kappa shape index (κ1) is 24.6. The van der Waals surface area contributed by atoms with Gasteiger partial charge in [0.2, 0.25) is 0 Å². The fourth-order valence-corrected chi connectivity index (χ4v) is 4.81. The summed E-state index contributed by atoms with van der Waals surface area (Å²) in [5.41, 5.74) is 10.3. The van der Waals surface area contributed by atoms with Gasteiger partial charge in [-0.1, -0.05) is 17.7 Å². The minimum absolute atomic E-state index is 0.286. The largest absolute Gasteiger partial charge is 0.370 e. The Kier molecular flexibility index (Phi) is 6.76. The molecule has 0 saturated carbocycles. The van der Waals surface area contributed by atoms with E-state index >= 15 is 0 Å². The molecule has 1 aliphatic rings. The molecular weight excluding hydrogens is 540 g/mol. The molecule has 0 spiro atoms. The highest BCUT2D eigenvalue weighted by Crippen LogP contribution is 2.36. The molecule has 4 aromatic rings. The molecule has 186 valence electrons. The quantitative estimate of drug-likeness (QED) is 0.244. The molecule has 1 aromatic heterocycles. The summed E-state index contributed by atoms with van der Waals surface area (Å²) in [7, 11) is 1.89. The second kappa shape index (κ2) is 10.1. The molecule has 1 atom stereocenters. The van der Waals surface area contributed by atoms with Gasteiger partial charge in [-0.05, 0) is 76.4 Å². The third-order valence-corrected chi connectivity index (χ3v) is 6.70. The van der Waals surface area contributed by atoms with Gasteiger partial charge in [-0.2, -0.15) is 5.26 Å². The summed E-state index contributed by atoms with van der Waals surface area (Å²) in [5.74, 6) is -0.609. The Balaban J connectivity index is 1.60. The average Bonchev–Trinajstić information content (AvgIpc) is 3.31. The van der Waals surface area contributed by atoms with Gasteiger partial charge < -0.3 is 10.6 Å². The smallest absolute Gasteiger partial charge is 0.171 e. The van der Waals surface area contributed by atoms with Crippen LogP contribution >= 0.6 is 15.9 Å². The number of aryl methyl sites for hydroxylation is 1. The maximum absolute atomic E-state index is 13.8. The van der Waals surface area contributed by atoms with E-state index in [1.165, 1.54) is 24.4 Å².